The fourth-order valence-electron chi connectivity index (χ4n) is 1.02. The quantitative estimate of drug-likeness (QED) is 0.669. The Bertz CT molecular complexity index is 556. The first-order valence-electron chi connectivity index (χ1n) is 4.43. The second-order valence-corrected chi connectivity index (χ2v) is 4.96. The summed E-state index contributed by atoms with van der Waals surface area (Å²) >= 11 is 0. The molecule has 18 heavy (non-hydrogen) atoms. The van der Waals surface area contributed by atoms with Crippen molar-refractivity contribution >= 4 is 15.7 Å². The van der Waals surface area contributed by atoms with E-state index in [1.54, 1.807) is 0 Å². The summed E-state index contributed by atoms with van der Waals surface area (Å²) in [5.41, 5.74) is -0.523. The van der Waals surface area contributed by atoms with Crippen molar-refractivity contribution in [2.24, 2.45) is 0 Å². The summed E-state index contributed by atoms with van der Waals surface area (Å²) in [6.45, 7) is -1.74. The number of nitro benzene ring substituents is 1. The summed E-state index contributed by atoms with van der Waals surface area (Å²) in [5.74, 6) is 0. The van der Waals surface area contributed by atoms with Crippen molar-refractivity contribution in [2.75, 3.05) is 6.54 Å². The highest BCUT2D eigenvalue weighted by atomic mass is 32.2. The monoisotopic (exact) mass is 284 g/mol. The summed E-state index contributed by atoms with van der Waals surface area (Å²) in [7, 11) is -4.42. The van der Waals surface area contributed by atoms with Gasteiger partial charge in [-0.05, 0) is 6.07 Å². The Balaban J connectivity index is 2.99. The van der Waals surface area contributed by atoms with Crippen LogP contribution in [0.1, 0.15) is 0 Å². The van der Waals surface area contributed by atoms with E-state index in [0.29, 0.717) is 6.07 Å². The van der Waals surface area contributed by atoms with Crippen LogP contribution < -0.4 is 4.72 Å². The SMILES string of the molecule is O=[N+]([O-])c1cccc(S(=O)(=O)NCC(F)(F)F)c1. The third-order valence-electron chi connectivity index (χ3n) is 1.80. The normalized spacial score (nSPS) is 12.4. The van der Waals surface area contributed by atoms with E-state index in [2.05, 4.69) is 0 Å². The Kier molecular flexibility index (Phi) is 3.92. The van der Waals surface area contributed by atoms with Crippen molar-refractivity contribution in [1.82, 2.24) is 4.72 Å². The highest BCUT2D eigenvalue weighted by molar-refractivity contribution is 7.89. The van der Waals surface area contributed by atoms with E-state index in [-0.39, 0.29) is 0 Å². The fourth-order valence-corrected chi connectivity index (χ4v) is 2.08. The molecule has 10 heteroatoms. The predicted molar refractivity (Wildman–Crippen MR) is 54.3 cm³/mol. The molecule has 0 atom stereocenters. The molecule has 0 aliphatic heterocycles. The number of nitrogens with one attached hydrogen (secondary N) is 1. The standard InChI is InChI=1S/C8H7F3N2O4S/c9-8(10,11)5-12-18(16,17)7-3-1-2-6(4-7)13(14)15/h1-4,12H,5H2. The lowest BCUT2D eigenvalue weighted by atomic mass is 10.3. The highest BCUT2D eigenvalue weighted by Crippen LogP contribution is 2.18. The molecular formula is C8H7F3N2O4S. The first-order chi connectivity index (χ1) is 8.12. The van der Waals surface area contributed by atoms with Gasteiger partial charge in [-0.1, -0.05) is 6.07 Å². The van der Waals surface area contributed by atoms with Gasteiger partial charge in [-0.25, -0.2) is 13.1 Å². The molecule has 0 radical (unpaired) electrons. The molecule has 0 heterocycles. The second-order valence-electron chi connectivity index (χ2n) is 3.19. The van der Waals surface area contributed by atoms with Crippen LogP contribution in [0.15, 0.2) is 29.2 Å². The maximum atomic E-state index is 11.9. The average molecular weight is 284 g/mol. The lowest BCUT2D eigenvalue weighted by molar-refractivity contribution is -0.385. The molecule has 0 saturated carbocycles. The minimum Gasteiger partial charge on any atom is -0.258 e. The molecule has 1 N–H and O–H groups in total. The number of halogens is 3. The minimum atomic E-state index is -4.70. The number of rotatable bonds is 4. The molecule has 0 aliphatic carbocycles. The number of hydrogen-bond donors (Lipinski definition) is 1. The zero-order valence-corrected chi connectivity index (χ0v) is 9.46. The molecule has 0 bridgehead atoms. The molecule has 100 valence electrons. The van der Waals surface area contributed by atoms with Crippen LogP contribution in [0.4, 0.5) is 18.9 Å². The van der Waals surface area contributed by atoms with Crippen LogP contribution in [0.3, 0.4) is 0 Å². The van der Waals surface area contributed by atoms with Gasteiger partial charge < -0.3 is 0 Å². The van der Waals surface area contributed by atoms with E-state index in [4.69, 9.17) is 0 Å². The van der Waals surface area contributed by atoms with Crippen molar-refractivity contribution in [3.63, 3.8) is 0 Å². The highest BCUT2D eigenvalue weighted by Gasteiger charge is 2.30. The molecule has 1 aromatic rings. The molecule has 0 amide bonds. The van der Waals surface area contributed by atoms with Gasteiger partial charge in [0.2, 0.25) is 10.0 Å². The van der Waals surface area contributed by atoms with Crippen molar-refractivity contribution in [2.45, 2.75) is 11.1 Å². The van der Waals surface area contributed by atoms with E-state index in [1.807, 2.05) is 0 Å². The molecule has 0 aromatic heterocycles. The molecule has 0 aliphatic rings. The van der Waals surface area contributed by atoms with Gasteiger partial charge in [-0.15, -0.1) is 0 Å². The third-order valence-corrected chi connectivity index (χ3v) is 3.20. The van der Waals surface area contributed by atoms with Gasteiger partial charge in [-0.2, -0.15) is 13.2 Å². The second kappa shape index (κ2) is 4.90. The number of nitro groups is 1. The molecule has 0 unspecified atom stereocenters. The summed E-state index contributed by atoms with van der Waals surface area (Å²) in [4.78, 5) is 8.97. The largest absolute Gasteiger partial charge is 0.402 e. The Morgan fingerprint density at radius 1 is 1.33 bits per heavy atom. The van der Waals surface area contributed by atoms with E-state index in [1.165, 1.54) is 4.72 Å². The van der Waals surface area contributed by atoms with Crippen molar-refractivity contribution in [3.8, 4) is 0 Å². The number of non-ortho nitro benzene ring substituents is 1. The van der Waals surface area contributed by atoms with Gasteiger partial charge >= 0.3 is 6.18 Å². The van der Waals surface area contributed by atoms with Crippen molar-refractivity contribution in [1.29, 1.82) is 0 Å². The van der Waals surface area contributed by atoms with Crippen LogP contribution in [0.2, 0.25) is 0 Å². The van der Waals surface area contributed by atoms with E-state index >= 15 is 0 Å². The van der Waals surface area contributed by atoms with Crippen LogP contribution in [0.25, 0.3) is 0 Å². The van der Waals surface area contributed by atoms with Crippen LogP contribution in [0.5, 0.6) is 0 Å². The molecule has 0 saturated heterocycles. The third kappa shape index (κ3) is 3.96. The first kappa shape index (κ1) is 14.4. The lowest BCUT2D eigenvalue weighted by Gasteiger charge is -2.08. The van der Waals surface area contributed by atoms with E-state index < -0.39 is 38.3 Å². The number of sulfonamides is 1. The number of hydrogen-bond acceptors (Lipinski definition) is 4. The zero-order chi connectivity index (χ0) is 14.0. The Hall–Kier alpha value is -1.68. The van der Waals surface area contributed by atoms with Crippen molar-refractivity contribution < 1.29 is 26.5 Å². The maximum Gasteiger partial charge on any atom is 0.402 e. The Morgan fingerprint density at radius 2 is 1.94 bits per heavy atom. The van der Waals surface area contributed by atoms with Gasteiger partial charge in [0.1, 0.15) is 6.54 Å². The summed E-state index contributed by atoms with van der Waals surface area (Å²) in [5, 5.41) is 10.4. The average Bonchev–Trinajstić information content (AvgIpc) is 2.26. The summed E-state index contributed by atoms with van der Waals surface area (Å²) in [6.07, 6.45) is -4.70. The number of alkyl halides is 3. The Labute approximate surface area is 99.6 Å². The molecule has 6 nitrogen and oxygen atoms in total. The molecule has 1 aromatic carbocycles. The number of benzene rings is 1. The van der Waals surface area contributed by atoms with Gasteiger partial charge in [0.05, 0.1) is 9.82 Å². The van der Waals surface area contributed by atoms with Crippen LogP contribution in [0, 0.1) is 10.1 Å². The number of nitrogens with zero attached hydrogens (tertiary/aromatic N) is 1. The van der Waals surface area contributed by atoms with Gasteiger partial charge in [-0.3, -0.25) is 10.1 Å². The topological polar surface area (TPSA) is 89.3 Å². The van der Waals surface area contributed by atoms with Crippen LogP contribution in [-0.4, -0.2) is 26.1 Å². The smallest absolute Gasteiger partial charge is 0.258 e. The zero-order valence-electron chi connectivity index (χ0n) is 8.64. The van der Waals surface area contributed by atoms with Gasteiger partial charge in [0, 0.05) is 12.1 Å². The Morgan fingerprint density at radius 3 is 2.44 bits per heavy atom. The van der Waals surface area contributed by atoms with Crippen LogP contribution in [-0.2, 0) is 10.0 Å². The molecule has 1 rings (SSSR count). The van der Waals surface area contributed by atoms with Crippen molar-refractivity contribution in [3.05, 3.63) is 34.4 Å². The van der Waals surface area contributed by atoms with Gasteiger partial charge in [0.25, 0.3) is 5.69 Å². The summed E-state index contributed by atoms with van der Waals surface area (Å²) < 4.78 is 59.8. The fraction of sp³-hybridized carbons (Fsp3) is 0.250. The van der Waals surface area contributed by atoms with Crippen LogP contribution >= 0.6 is 0 Å². The maximum absolute atomic E-state index is 11.9. The minimum absolute atomic E-state index is 0.523. The first-order valence-corrected chi connectivity index (χ1v) is 5.91. The summed E-state index contributed by atoms with van der Waals surface area (Å²) in [6, 6.07) is 3.74. The molecule has 0 fully saturated rings. The van der Waals surface area contributed by atoms with Gasteiger partial charge in [0.15, 0.2) is 0 Å². The lowest BCUT2D eigenvalue weighted by Crippen LogP contribution is -2.33. The van der Waals surface area contributed by atoms with E-state index in [0.717, 1.165) is 18.2 Å². The molecular weight excluding hydrogens is 277 g/mol. The molecule has 0 spiro atoms. The predicted octanol–water partition coefficient (Wildman–Crippen LogP) is 1.44. The van der Waals surface area contributed by atoms with E-state index in [9.17, 15) is 31.7 Å².